The quantitative estimate of drug-likeness (QED) is 0.451. The average molecular weight is 398 g/mol. The summed E-state index contributed by atoms with van der Waals surface area (Å²) in [6, 6.07) is 18.9. The molecule has 3 N–H and O–H groups in total. The molecule has 0 heterocycles. The summed E-state index contributed by atoms with van der Waals surface area (Å²) in [5, 5.41) is 18.9. The molecule has 0 saturated heterocycles. The van der Waals surface area contributed by atoms with Gasteiger partial charge in [-0.15, -0.1) is 0 Å². The molecule has 0 fully saturated rings. The monoisotopic (exact) mass is 397 g/mol. The van der Waals surface area contributed by atoms with Crippen molar-refractivity contribution in [3.05, 3.63) is 70.7 Å². The molecule has 0 saturated carbocycles. The highest BCUT2D eigenvalue weighted by atomic mass is 79.9. The van der Waals surface area contributed by atoms with E-state index in [4.69, 9.17) is 0 Å². The number of nitrogens with zero attached hydrogens (tertiary/aromatic N) is 1. The molecule has 3 aromatic carbocycles. The van der Waals surface area contributed by atoms with E-state index in [1.807, 2.05) is 42.5 Å². The van der Waals surface area contributed by atoms with Gasteiger partial charge in [-0.2, -0.15) is 5.10 Å². The van der Waals surface area contributed by atoms with Gasteiger partial charge in [0.25, 0.3) is 5.91 Å². The minimum Gasteiger partial charge on any atom is -0.507 e. The minimum atomic E-state index is -0.279. The number of aromatic hydroxyl groups is 1. The van der Waals surface area contributed by atoms with E-state index in [1.54, 1.807) is 18.2 Å². The van der Waals surface area contributed by atoms with Crippen molar-refractivity contribution in [2.75, 3.05) is 11.9 Å². The van der Waals surface area contributed by atoms with Crippen molar-refractivity contribution in [2.24, 2.45) is 5.10 Å². The number of nitrogens with one attached hydrogen (secondary N) is 2. The zero-order valence-corrected chi connectivity index (χ0v) is 14.8. The van der Waals surface area contributed by atoms with Crippen LogP contribution in [-0.2, 0) is 4.79 Å². The van der Waals surface area contributed by atoms with Crippen molar-refractivity contribution in [2.45, 2.75) is 0 Å². The predicted molar refractivity (Wildman–Crippen MR) is 104 cm³/mol. The number of phenolic OH excluding ortho intramolecular Hbond substituents is 1. The Hall–Kier alpha value is -2.86. The number of fused-ring (bicyclic) bond motifs is 1. The van der Waals surface area contributed by atoms with Crippen molar-refractivity contribution in [3.63, 3.8) is 0 Å². The highest BCUT2D eigenvalue weighted by Crippen LogP contribution is 2.20. The second-order valence-corrected chi connectivity index (χ2v) is 6.33. The molecule has 0 radical (unpaired) electrons. The Kier molecular flexibility index (Phi) is 5.30. The highest BCUT2D eigenvalue weighted by Gasteiger charge is 2.02. The standard InChI is InChI=1S/C19H16BrN3O2/c20-16-6-8-18(24)15(9-16)11-22-23-19(25)12-21-17-7-5-13-3-1-2-4-14(13)10-17/h1-11,21,24H,12H2,(H,23,25)/b22-11+. The number of hydrazone groups is 1. The molecule has 0 aromatic heterocycles. The van der Waals surface area contributed by atoms with Gasteiger partial charge in [-0.05, 0) is 41.1 Å². The van der Waals surface area contributed by atoms with Gasteiger partial charge in [0.05, 0.1) is 12.8 Å². The molecule has 0 bridgehead atoms. The van der Waals surface area contributed by atoms with Crippen LogP contribution in [0.4, 0.5) is 5.69 Å². The Balaban J connectivity index is 1.55. The summed E-state index contributed by atoms with van der Waals surface area (Å²) in [4.78, 5) is 11.9. The molecule has 25 heavy (non-hydrogen) atoms. The third kappa shape index (κ3) is 4.58. The van der Waals surface area contributed by atoms with Crippen LogP contribution < -0.4 is 10.7 Å². The Morgan fingerprint density at radius 2 is 1.88 bits per heavy atom. The number of hydrogen-bond donors (Lipinski definition) is 3. The first kappa shape index (κ1) is 17.0. The molecule has 0 aliphatic heterocycles. The molecule has 126 valence electrons. The van der Waals surface area contributed by atoms with Crippen molar-refractivity contribution in [1.29, 1.82) is 0 Å². The van der Waals surface area contributed by atoms with Crippen molar-refractivity contribution >= 4 is 44.5 Å². The third-order valence-corrected chi connectivity index (χ3v) is 4.08. The number of amides is 1. The first-order valence-corrected chi connectivity index (χ1v) is 8.44. The topological polar surface area (TPSA) is 73.7 Å². The Morgan fingerprint density at radius 1 is 1.08 bits per heavy atom. The number of phenols is 1. The van der Waals surface area contributed by atoms with Gasteiger partial charge in [0.15, 0.2) is 0 Å². The summed E-state index contributed by atoms with van der Waals surface area (Å²) in [7, 11) is 0. The molecule has 5 nitrogen and oxygen atoms in total. The lowest BCUT2D eigenvalue weighted by Gasteiger charge is -2.06. The Labute approximate surface area is 153 Å². The second kappa shape index (κ2) is 7.81. The Morgan fingerprint density at radius 3 is 2.72 bits per heavy atom. The van der Waals surface area contributed by atoms with Crippen molar-refractivity contribution in [1.82, 2.24) is 5.43 Å². The van der Waals surface area contributed by atoms with E-state index >= 15 is 0 Å². The van der Waals surface area contributed by atoms with E-state index in [1.165, 1.54) is 6.21 Å². The Bertz CT molecular complexity index is 941. The van der Waals surface area contributed by atoms with Crippen LogP contribution in [0.3, 0.4) is 0 Å². The zero-order valence-electron chi connectivity index (χ0n) is 13.2. The van der Waals surface area contributed by atoms with Crippen LogP contribution in [0.1, 0.15) is 5.56 Å². The van der Waals surface area contributed by atoms with Gasteiger partial charge in [-0.1, -0.05) is 46.3 Å². The lowest BCUT2D eigenvalue weighted by Crippen LogP contribution is -2.25. The van der Waals surface area contributed by atoms with Crippen LogP contribution in [-0.4, -0.2) is 23.8 Å². The first-order valence-electron chi connectivity index (χ1n) is 7.65. The molecule has 6 heteroatoms. The number of carbonyl (C=O) groups excluding carboxylic acids is 1. The summed E-state index contributed by atoms with van der Waals surface area (Å²) in [5.41, 5.74) is 3.80. The van der Waals surface area contributed by atoms with Crippen LogP contribution in [0, 0.1) is 0 Å². The summed E-state index contributed by atoms with van der Waals surface area (Å²) in [6.07, 6.45) is 1.40. The van der Waals surface area contributed by atoms with Crippen LogP contribution in [0.5, 0.6) is 5.75 Å². The van der Waals surface area contributed by atoms with E-state index in [9.17, 15) is 9.90 Å². The van der Waals surface area contributed by atoms with Crippen LogP contribution in [0.15, 0.2) is 70.2 Å². The number of halogens is 1. The second-order valence-electron chi connectivity index (χ2n) is 5.41. The van der Waals surface area contributed by atoms with Crippen molar-refractivity contribution in [3.8, 4) is 5.75 Å². The summed E-state index contributed by atoms with van der Waals surface area (Å²) >= 11 is 3.31. The smallest absolute Gasteiger partial charge is 0.259 e. The van der Waals surface area contributed by atoms with E-state index in [2.05, 4.69) is 31.8 Å². The molecule has 0 aliphatic carbocycles. The first-order chi connectivity index (χ1) is 12.1. The molecular weight excluding hydrogens is 382 g/mol. The van der Waals surface area contributed by atoms with E-state index in [0.717, 1.165) is 20.9 Å². The fraction of sp³-hybridized carbons (Fsp3) is 0.0526. The van der Waals surface area contributed by atoms with Gasteiger partial charge in [-0.25, -0.2) is 5.43 Å². The van der Waals surface area contributed by atoms with Gasteiger partial charge in [0.2, 0.25) is 0 Å². The van der Waals surface area contributed by atoms with Crippen LogP contribution in [0.25, 0.3) is 10.8 Å². The minimum absolute atomic E-state index is 0.0930. The lowest BCUT2D eigenvalue weighted by molar-refractivity contribution is -0.119. The molecule has 0 atom stereocenters. The van der Waals surface area contributed by atoms with Gasteiger partial charge < -0.3 is 10.4 Å². The summed E-state index contributed by atoms with van der Waals surface area (Å²) in [5.74, 6) is -0.186. The van der Waals surface area contributed by atoms with Gasteiger partial charge in [-0.3, -0.25) is 4.79 Å². The number of benzene rings is 3. The fourth-order valence-corrected chi connectivity index (χ4v) is 2.70. The summed E-state index contributed by atoms with van der Waals surface area (Å²) in [6.45, 7) is 0.0974. The predicted octanol–water partition coefficient (Wildman–Crippen LogP) is 3.87. The largest absolute Gasteiger partial charge is 0.507 e. The van der Waals surface area contributed by atoms with Crippen LogP contribution >= 0.6 is 15.9 Å². The molecule has 0 unspecified atom stereocenters. The van der Waals surface area contributed by atoms with Gasteiger partial charge in [0, 0.05) is 15.7 Å². The molecule has 3 aromatic rings. The molecular formula is C19H16BrN3O2. The third-order valence-electron chi connectivity index (χ3n) is 3.58. The maximum atomic E-state index is 11.9. The highest BCUT2D eigenvalue weighted by molar-refractivity contribution is 9.10. The van der Waals surface area contributed by atoms with Crippen molar-refractivity contribution < 1.29 is 9.90 Å². The fourth-order valence-electron chi connectivity index (χ4n) is 2.32. The van der Waals surface area contributed by atoms with E-state index in [0.29, 0.717) is 5.56 Å². The molecule has 3 rings (SSSR count). The molecule has 0 spiro atoms. The van der Waals surface area contributed by atoms with E-state index in [-0.39, 0.29) is 18.2 Å². The van der Waals surface area contributed by atoms with E-state index < -0.39 is 0 Å². The number of carbonyl (C=O) groups is 1. The zero-order chi connectivity index (χ0) is 17.6. The lowest BCUT2D eigenvalue weighted by atomic mass is 10.1. The maximum Gasteiger partial charge on any atom is 0.259 e. The number of anilines is 1. The number of hydrogen-bond acceptors (Lipinski definition) is 4. The van der Waals surface area contributed by atoms with Gasteiger partial charge >= 0.3 is 0 Å². The normalized spacial score (nSPS) is 10.9. The summed E-state index contributed by atoms with van der Waals surface area (Å²) < 4.78 is 0.816. The molecule has 1 amide bonds. The SMILES string of the molecule is O=C(CNc1ccc2ccccc2c1)N/N=C/c1cc(Br)ccc1O. The average Bonchev–Trinajstić information content (AvgIpc) is 2.62. The van der Waals surface area contributed by atoms with Gasteiger partial charge in [0.1, 0.15) is 5.75 Å². The molecule has 0 aliphatic rings. The number of rotatable bonds is 5. The van der Waals surface area contributed by atoms with Crippen LogP contribution in [0.2, 0.25) is 0 Å². The maximum absolute atomic E-state index is 11.9.